The van der Waals surface area contributed by atoms with E-state index in [1.807, 2.05) is 20.8 Å². The van der Waals surface area contributed by atoms with Crippen LogP contribution in [0.4, 0.5) is 0 Å². The van der Waals surface area contributed by atoms with Crippen LogP contribution < -0.4 is 0 Å². The third-order valence-electron chi connectivity index (χ3n) is 3.12. The Kier molecular flexibility index (Phi) is 3.60. The van der Waals surface area contributed by atoms with Crippen molar-refractivity contribution in [3.05, 3.63) is 11.7 Å². The standard InChI is InChI=1S/C12H19N3O4/c1-12(2,3)11-13-9(14-19-11)6-15-5-7(16)4-8(15)10(17)18/h7-8,16H,4-6H2,1-3H3,(H,17,18). The van der Waals surface area contributed by atoms with Crippen molar-refractivity contribution in [2.75, 3.05) is 6.54 Å². The number of aliphatic hydroxyl groups excluding tert-OH is 1. The van der Waals surface area contributed by atoms with E-state index in [1.165, 1.54) is 0 Å². The number of β-amino-alcohol motifs (C(OH)–C–C–N with tert-alkyl or cyclic N) is 1. The van der Waals surface area contributed by atoms with Gasteiger partial charge in [-0.05, 0) is 0 Å². The third kappa shape index (κ3) is 3.10. The number of nitrogens with zero attached hydrogens (tertiary/aromatic N) is 3. The molecule has 7 nitrogen and oxygen atoms in total. The molecule has 1 aliphatic heterocycles. The largest absolute Gasteiger partial charge is 0.480 e. The Morgan fingerprint density at radius 2 is 2.21 bits per heavy atom. The zero-order valence-electron chi connectivity index (χ0n) is 11.3. The number of carbonyl (C=O) groups is 1. The molecule has 19 heavy (non-hydrogen) atoms. The second-order valence-electron chi connectivity index (χ2n) is 5.94. The van der Waals surface area contributed by atoms with E-state index in [0.717, 1.165) is 0 Å². The fraction of sp³-hybridized carbons (Fsp3) is 0.750. The second kappa shape index (κ2) is 4.90. The second-order valence-corrected chi connectivity index (χ2v) is 5.94. The Hall–Kier alpha value is -1.47. The van der Waals surface area contributed by atoms with Gasteiger partial charge in [0.05, 0.1) is 12.6 Å². The Labute approximate surface area is 111 Å². The average molecular weight is 269 g/mol. The van der Waals surface area contributed by atoms with E-state index >= 15 is 0 Å². The van der Waals surface area contributed by atoms with Crippen molar-refractivity contribution in [3.63, 3.8) is 0 Å². The van der Waals surface area contributed by atoms with Gasteiger partial charge in [0.15, 0.2) is 5.82 Å². The summed E-state index contributed by atoms with van der Waals surface area (Å²) in [5, 5.41) is 22.5. The van der Waals surface area contributed by atoms with Gasteiger partial charge in [-0.3, -0.25) is 9.69 Å². The van der Waals surface area contributed by atoms with Crippen LogP contribution in [0.2, 0.25) is 0 Å². The summed E-state index contributed by atoms with van der Waals surface area (Å²) in [4.78, 5) is 17.0. The molecule has 1 aromatic rings. The number of rotatable bonds is 3. The number of carboxylic acids is 1. The molecule has 2 rings (SSSR count). The van der Waals surface area contributed by atoms with Crippen molar-refractivity contribution in [1.82, 2.24) is 15.0 Å². The normalized spacial score (nSPS) is 24.8. The van der Waals surface area contributed by atoms with Gasteiger partial charge in [0.1, 0.15) is 6.04 Å². The highest BCUT2D eigenvalue weighted by atomic mass is 16.5. The van der Waals surface area contributed by atoms with E-state index in [-0.39, 0.29) is 18.4 Å². The summed E-state index contributed by atoms with van der Waals surface area (Å²) in [7, 11) is 0. The lowest BCUT2D eigenvalue weighted by Gasteiger charge is -2.18. The van der Waals surface area contributed by atoms with Crippen molar-refractivity contribution in [2.45, 2.75) is 51.3 Å². The molecule has 2 heterocycles. The van der Waals surface area contributed by atoms with Crippen LogP contribution in [0, 0.1) is 0 Å². The lowest BCUT2D eigenvalue weighted by Crippen LogP contribution is -2.35. The molecule has 0 saturated carbocycles. The molecule has 1 aromatic heterocycles. The monoisotopic (exact) mass is 269 g/mol. The number of carboxylic acid groups (broad SMARTS) is 1. The van der Waals surface area contributed by atoms with Gasteiger partial charge in [0.25, 0.3) is 0 Å². The summed E-state index contributed by atoms with van der Waals surface area (Å²) in [6.45, 7) is 6.47. The highest BCUT2D eigenvalue weighted by molar-refractivity contribution is 5.74. The van der Waals surface area contributed by atoms with E-state index in [4.69, 9.17) is 9.63 Å². The molecule has 2 atom stereocenters. The van der Waals surface area contributed by atoms with E-state index in [1.54, 1.807) is 4.90 Å². The minimum absolute atomic E-state index is 0.234. The molecule has 1 fully saturated rings. The topological polar surface area (TPSA) is 99.7 Å². The number of likely N-dealkylation sites (tertiary alicyclic amines) is 1. The Morgan fingerprint density at radius 3 is 2.74 bits per heavy atom. The van der Waals surface area contributed by atoms with E-state index < -0.39 is 18.1 Å². The Morgan fingerprint density at radius 1 is 1.53 bits per heavy atom. The van der Waals surface area contributed by atoms with Crippen molar-refractivity contribution in [3.8, 4) is 0 Å². The van der Waals surface area contributed by atoms with Crippen molar-refractivity contribution < 1.29 is 19.5 Å². The highest BCUT2D eigenvalue weighted by Crippen LogP contribution is 2.23. The SMILES string of the molecule is CC(C)(C)c1nc(CN2CC(O)CC2C(=O)O)no1. The van der Waals surface area contributed by atoms with Crippen LogP contribution in [0.25, 0.3) is 0 Å². The Balaban J connectivity index is 2.08. The van der Waals surface area contributed by atoms with Gasteiger partial charge in [-0.25, -0.2) is 0 Å². The summed E-state index contributed by atoms with van der Waals surface area (Å²) in [6, 6.07) is -0.688. The third-order valence-corrected chi connectivity index (χ3v) is 3.12. The molecule has 0 aromatic carbocycles. The summed E-state index contributed by atoms with van der Waals surface area (Å²) in [5.41, 5.74) is -0.234. The first-order chi connectivity index (χ1) is 8.77. The first kappa shape index (κ1) is 14.0. The van der Waals surface area contributed by atoms with Gasteiger partial charge in [0.2, 0.25) is 5.89 Å². The zero-order chi connectivity index (χ0) is 14.2. The Bertz CT molecular complexity index is 466. The maximum atomic E-state index is 11.1. The molecule has 2 unspecified atom stereocenters. The predicted octanol–water partition coefficient (Wildman–Crippen LogP) is 0.387. The molecule has 0 radical (unpaired) electrons. The number of hydrogen-bond donors (Lipinski definition) is 2. The fourth-order valence-electron chi connectivity index (χ4n) is 2.12. The van der Waals surface area contributed by atoms with Gasteiger partial charge in [0, 0.05) is 18.4 Å². The summed E-state index contributed by atoms with van der Waals surface area (Å²) in [5.74, 6) is 0.0375. The lowest BCUT2D eigenvalue weighted by molar-refractivity contribution is -0.142. The van der Waals surface area contributed by atoms with Gasteiger partial charge in [-0.1, -0.05) is 25.9 Å². The van der Waals surface area contributed by atoms with Crippen LogP contribution in [-0.2, 0) is 16.8 Å². The van der Waals surface area contributed by atoms with E-state index in [0.29, 0.717) is 18.3 Å². The first-order valence-corrected chi connectivity index (χ1v) is 6.25. The van der Waals surface area contributed by atoms with Crippen molar-refractivity contribution in [2.24, 2.45) is 0 Å². The quantitative estimate of drug-likeness (QED) is 0.818. The van der Waals surface area contributed by atoms with Crippen LogP contribution in [0.15, 0.2) is 4.52 Å². The maximum absolute atomic E-state index is 11.1. The minimum atomic E-state index is -0.934. The molecule has 0 amide bonds. The number of aliphatic carboxylic acids is 1. The van der Waals surface area contributed by atoms with Gasteiger partial charge in [-0.15, -0.1) is 0 Å². The highest BCUT2D eigenvalue weighted by Gasteiger charge is 2.36. The summed E-state index contributed by atoms with van der Waals surface area (Å²) >= 11 is 0. The smallest absolute Gasteiger partial charge is 0.321 e. The van der Waals surface area contributed by atoms with Crippen LogP contribution in [-0.4, -0.2) is 49.9 Å². The molecule has 0 bridgehead atoms. The van der Waals surface area contributed by atoms with E-state index in [9.17, 15) is 9.90 Å². The van der Waals surface area contributed by atoms with E-state index in [2.05, 4.69) is 10.1 Å². The molecular formula is C12H19N3O4. The predicted molar refractivity (Wildman–Crippen MR) is 65.5 cm³/mol. The average Bonchev–Trinajstić information content (AvgIpc) is 2.85. The summed E-state index contributed by atoms with van der Waals surface area (Å²) < 4.78 is 5.16. The van der Waals surface area contributed by atoms with Gasteiger partial charge in [-0.2, -0.15) is 4.98 Å². The van der Waals surface area contributed by atoms with Gasteiger partial charge < -0.3 is 14.7 Å². The lowest BCUT2D eigenvalue weighted by atomic mass is 9.97. The molecule has 1 saturated heterocycles. The van der Waals surface area contributed by atoms with Crippen LogP contribution >= 0.6 is 0 Å². The summed E-state index contributed by atoms with van der Waals surface area (Å²) in [6.07, 6.45) is -0.380. The number of hydrogen-bond acceptors (Lipinski definition) is 6. The van der Waals surface area contributed by atoms with Crippen molar-refractivity contribution in [1.29, 1.82) is 0 Å². The molecule has 1 aliphatic rings. The van der Waals surface area contributed by atoms with Crippen molar-refractivity contribution >= 4 is 5.97 Å². The van der Waals surface area contributed by atoms with Crippen LogP contribution in [0.5, 0.6) is 0 Å². The fourth-order valence-corrected chi connectivity index (χ4v) is 2.12. The minimum Gasteiger partial charge on any atom is -0.480 e. The molecule has 2 N–H and O–H groups in total. The molecule has 0 spiro atoms. The zero-order valence-corrected chi connectivity index (χ0v) is 11.3. The number of aromatic nitrogens is 2. The molecule has 106 valence electrons. The van der Waals surface area contributed by atoms with Crippen LogP contribution in [0.1, 0.15) is 38.9 Å². The first-order valence-electron chi connectivity index (χ1n) is 6.25. The maximum Gasteiger partial charge on any atom is 0.321 e. The molecular weight excluding hydrogens is 250 g/mol. The van der Waals surface area contributed by atoms with Gasteiger partial charge >= 0.3 is 5.97 Å². The number of aliphatic hydroxyl groups is 1. The molecule has 7 heteroatoms. The van der Waals surface area contributed by atoms with Crippen LogP contribution in [0.3, 0.4) is 0 Å². The molecule has 0 aliphatic carbocycles.